The van der Waals surface area contributed by atoms with Crippen LogP contribution in [-0.2, 0) is 13.8 Å². The van der Waals surface area contributed by atoms with Gasteiger partial charge < -0.3 is 4.74 Å². The summed E-state index contributed by atoms with van der Waals surface area (Å²) in [7, 11) is 1.68. The Labute approximate surface area is 129 Å². The van der Waals surface area contributed by atoms with Gasteiger partial charge >= 0.3 is 6.18 Å². The molecule has 0 N–H and O–H groups in total. The minimum absolute atomic E-state index is 0.0307. The SMILES string of the molecule is CCCC(CCC)(COCCCC(F)(F)F)CS(=O)(=O)Cl. The summed E-state index contributed by atoms with van der Waals surface area (Å²) in [5, 5.41) is 0. The first-order valence-electron chi connectivity index (χ1n) is 7.10. The van der Waals surface area contributed by atoms with Gasteiger partial charge in [0.05, 0.1) is 12.4 Å². The highest BCUT2D eigenvalue weighted by atomic mass is 35.7. The summed E-state index contributed by atoms with van der Waals surface area (Å²) in [6.45, 7) is 3.94. The Kier molecular flexibility index (Phi) is 9.20. The molecule has 21 heavy (non-hydrogen) atoms. The molecule has 0 atom stereocenters. The molecule has 0 aliphatic carbocycles. The normalized spacial score (nSPS) is 13.6. The van der Waals surface area contributed by atoms with Crippen LogP contribution in [0.4, 0.5) is 13.2 Å². The lowest BCUT2D eigenvalue weighted by Crippen LogP contribution is -2.34. The number of hydrogen-bond acceptors (Lipinski definition) is 3. The van der Waals surface area contributed by atoms with E-state index in [1.165, 1.54) is 0 Å². The fourth-order valence-electron chi connectivity index (χ4n) is 2.55. The van der Waals surface area contributed by atoms with Crippen LogP contribution >= 0.6 is 10.7 Å². The second-order valence-electron chi connectivity index (χ2n) is 5.45. The maximum Gasteiger partial charge on any atom is 0.389 e. The van der Waals surface area contributed by atoms with Gasteiger partial charge in [-0.15, -0.1) is 0 Å². The first-order valence-corrected chi connectivity index (χ1v) is 9.58. The molecule has 128 valence electrons. The molecule has 0 spiro atoms. The maximum atomic E-state index is 12.0. The molecule has 0 amide bonds. The molecule has 0 fully saturated rings. The third-order valence-electron chi connectivity index (χ3n) is 3.20. The number of ether oxygens (including phenoxy) is 1. The molecular formula is C13H24ClF3O3S. The molecule has 0 aliphatic rings. The van der Waals surface area contributed by atoms with Crippen molar-refractivity contribution in [3.63, 3.8) is 0 Å². The predicted octanol–water partition coefficient (Wildman–Crippen LogP) is 4.50. The van der Waals surface area contributed by atoms with Crippen LogP contribution in [0.5, 0.6) is 0 Å². The van der Waals surface area contributed by atoms with Crippen LogP contribution in [0.15, 0.2) is 0 Å². The molecule has 0 heterocycles. The molecule has 0 unspecified atom stereocenters. The summed E-state index contributed by atoms with van der Waals surface area (Å²) < 4.78 is 64.2. The van der Waals surface area contributed by atoms with E-state index in [-0.39, 0.29) is 25.4 Å². The molecule has 0 saturated heterocycles. The van der Waals surface area contributed by atoms with E-state index in [1.54, 1.807) is 0 Å². The van der Waals surface area contributed by atoms with Crippen molar-refractivity contribution < 1.29 is 26.3 Å². The predicted molar refractivity (Wildman–Crippen MR) is 78.0 cm³/mol. The van der Waals surface area contributed by atoms with E-state index in [0.29, 0.717) is 12.8 Å². The van der Waals surface area contributed by atoms with Gasteiger partial charge in [0.1, 0.15) is 0 Å². The van der Waals surface area contributed by atoms with E-state index >= 15 is 0 Å². The zero-order chi connectivity index (χ0) is 16.6. The number of alkyl halides is 3. The number of halogens is 4. The first kappa shape index (κ1) is 21.0. The van der Waals surface area contributed by atoms with E-state index in [9.17, 15) is 21.6 Å². The van der Waals surface area contributed by atoms with Crippen molar-refractivity contribution in [2.45, 2.75) is 58.5 Å². The van der Waals surface area contributed by atoms with Gasteiger partial charge in [-0.25, -0.2) is 8.42 Å². The molecule has 0 aromatic rings. The monoisotopic (exact) mass is 352 g/mol. The standard InChI is InChI=1S/C13H24ClF3O3S/c1-3-6-12(7-4-2,11-21(14,18)19)10-20-9-5-8-13(15,16)17/h3-11H2,1-2H3. The van der Waals surface area contributed by atoms with Crippen molar-refractivity contribution in [1.82, 2.24) is 0 Å². The van der Waals surface area contributed by atoms with E-state index in [1.807, 2.05) is 13.8 Å². The number of hydrogen-bond donors (Lipinski definition) is 0. The molecule has 0 bridgehead atoms. The first-order chi connectivity index (χ1) is 9.54. The zero-order valence-corrected chi connectivity index (χ0v) is 14.1. The van der Waals surface area contributed by atoms with Gasteiger partial charge in [-0.3, -0.25) is 0 Å². The summed E-state index contributed by atoms with van der Waals surface area (Å²) in [6, 6.07) is 0. The van der Waals surface area contributed by atoms with Crippen molar-refractivity contribution in [2.24, 2.45) is 5.41 Å². The van der Waals surface area contributed by atoms with Crippen molar-refractivity contribution in [1.29, 1.82) is 0 Å². The van der Waals surface area contributed by atoms with Crippen LogP contribution in [0.3, 0.4) is 0 Å². The Bertz CT molecular complexity index is 377. The molecule has 0 aromatic heterocycles. The Morgan fingerprint density at radius 2 is 1.57 bits per heavy atom. The largest absolute Gasteiger partial charge is 0.389 e. The van der Waals surface area contributed by atoms with Gasteiger partial charge in [-0.05, 0) is 19.3 Å². The van der Waals surface area contributed by atoms with Crippen LogP contribution in [-0.4, -0.2) is 33.6 Å². The molecule has 0 saturated carbocycles. The van der Waals surface area contributed by atoms with Crippen molar-refractivity contribution in [3.8, 4) is 0 Å². The lowest BCUT2D eigenvalue weighted by atomic mass is 9.82. The Morgan fingerprint density at radius 3 is 1.95 bits per heavy atom. The molecular weight excluding hydrogens is 329 g/mol. The fourth-order valence-corrected chi connectivity index (χ4v) is 4.34. The maximum absolute atomic E-state index is 12.0. The Morgan fingerprint density at radius 1 is 1.05 bits per heavy atom. The van der Waals surface area contributed by atoms with Gasteiger partial charge in [0, 0.05) is 29.1 Å². The Hall–Kier alpha value is -0.0100. The lowest BCUT2D eigenvalue weighted by Gasteiger charge is -2.32. The van der Waals surface area contributed by atoms with Crippen molar-refractivity contribution in [2.75, 3.05) is 19.0 Å². The summed E-state index contributed by atoms with van der Waals surface area (Å²) in [5.74, 6) is -0.206. The molecule has 8 heteroatoms. The second kappa shape index (κ2) is 9.20. The highest BCUT2D eigenvalue weighted by molar-refractivity contribution is 8.13. The van der Waals surface area contributed by atoms with Crippen LogP contribution in [0, 0.1) is 5.41 Å². The molecule has 0 rings (SSSR count). The van der Waals surface area contributed by atoms with Gasteiger partial charge in [0.25, 0.3) is 0 Å². The van der Waals surface area contributed by atoms with Gasteiger partial charge in [0.15, 0.2) is 0 Å². The number of rotatable bonds is 11. The summed E-state index contributed by atoms with van der Waals surface area (Å²) in [5.41, 5.74) is -0.609. The quantitative estimate of drug-likeness (QED) is 0.406. The average molecular weight is 353 g/mol. The highest BCUT2D eigenvalue weighted by Crippen LogP contribution is 2.33. The highest BCUT2D eigenvalue weighted by Gasteiger charge is 2.34. The second-order valence-corrected chi connectivity index (χ2v) is 8.23. The average Bonchev–Trinajstić information content (AvgIpc) is 2.25. The summed E-state index contributed by atoms with van der Waals surface area (Å²) in [6.07, 6.45) is -2.44. The van der Waals surface area contributed by atoms with E-state index in [0.717, 1.165) is 12.8 Å². The molecule has 0 radical (unpaired) electrons. The topological polar surface area (TPSA) is 43.4 Å². The van der Waals surface area contributed by atoms with Crippen LogP contribution in [0.2, 0.25) is 0 Å². The van der Waals surface area contributed by atoms with E-state index < -0.39 is 27.1 Å². The lowest BCUT2D eigenvalue weighted by molar-refractivity contribution is -0.138. The summed E-state index contributed by atoms with van der Waals surface area (Å²) in [4.78, 5) is 0. The van der Waals surface area contributed by atoms with Crippen LogP contribution < -0.4 is 0 Å². The van der Waals surface area contributed by atoms with Crippen LogP contribution in [0.1, 0.15) is 52.4 Å². The van der Waals surface area contributed by atoms with E-state index in [4.69, 9.17) is 15.4 Å². The Balaban J connectivity index is 4.52. The fraction of sp³-hybridized carbons (Fsp3) is 1.00. The minimum Gasteiger partial charge on any atom is -0.381 e. The van der Waals surface area contributed by atoms with Crippen molar-refractivity contribution >= 4 is 19.7 Å². The van der Waals surface area contributed by atoms with Crippen LogP contribution in [0.25, 0.3) is 0 Å². The van der Waals surface area contributed by atoms with Gasteiger partial charge in [-0.2, -0.15) is 13.2 Å². The molecule has 3 nitrogen and oxygen atoms in total. The molecule has 0 aromatic carbocycles. The smallest absolute Gasteiger partial charge is 0.381 e. The van der Waals surface area contributed by atoms with Crippen molar-refractivity contribution in [3.05, 3.63) is 0 Å². The third kappa shape index (κ3) is 11.2. The zero-order valence-electron chi connectivity index (χ0n) is 12.5. The van der Waals surface area contributed by atoms with Gasteiger partial charge in [-0.1, -0.05) is 26.7 Å². The molecule has 0 aliphatic heterocycles. The summed E-state index contributed by atoms with van der Waals surface area (Å²) >= 11 is 0. The minimum atomic E-state index is -4.19. The van der Waals surface area contributed by atoms with Gasteiger partial charge in [0.2, 0.25) is 9.05 Å². The van der Waals surface area contributed by atoms with E-state index in [2.05, 4.69) is 0 Å². The third-order valence-corrected chi connectivity index (χ3v) is 4.48.